The molecule has 196 valence electrons. The van der Waals surface area contributed by atoms with Crippen LogP contribution in [0.15, 0.2) is 30.3 Å². The van der Waals surface area contributed by atoms with E-state index in [1.807, 2.05) is 25.1 Å². The molecule has 37 heavy (non-hydrogen) atoms. The first-order valence-electron chi connectivity index (χ1n) is 13.1. The Bertz CT molecular complexity index is 1390. The molecule has 0 radical (unpaired) electrons. The van der Waals surface area contributed by atoms with Crippen LogP contribution in [-0.4, -0.2) is 89.1 Å². The molecule has 1 aromatic carbocycles. The van der Waals surface area contributed by atoms with Gasteiger partial charge in [0.15, 0.2) is 5.82 Å². The number of morpholine rings is 2. The summed E-state index contributed by atoms with van der Waals surface area (Å²) in [5.74, 6) is 2.55. The van der Waals surface area contributed by atoms with Crippen LogP contribution in [0.3, 0.4) is 0 Å². The number of hydrogen-bond acceptors (Lipinski definition) is 9. The lowest BCUT2D eigenvalue weighted by Crippen LogP contribution is -2.54. The van der Waals surface area contributed by atoms with Crippen LogP contribution in [0.1, 0.15) is 24.5 Å². The molecule has 2 saturated heterocycles. The second-order valence-corrected chi connectivity index (χ2v) is 11.5. The first kappa shape index (κ1) is 24.7. The second kappa shape index (κ2) is 10.3. The Hall–Kier alpha value is -2.63. The van der Waals surface area contributed by atoms with Gasteiger partial charge in [-0.15, -0.1) is 11.3 Å². The van der Waals surface area contributed by atoms with E-state index < -0.39 is 0 Å². The van der Waals surface area contributed by atoms with E-state index in [0.717, 1.165) is 85.4 Å². The quantitative estimate of drug-likeness (QED) is 0.397. The molecule has 1 N–H and O–H groups in total. The van der Waals surface area contributed by atoms with Gasteiger partial charge in [0, 0.05) is 49.7 Å². The van der Waals surface area contributed by atoms with Crippen LogP contribution in [-0.2, 0) is 16.0 Å². The molecule has 0 bridgehead atoms. The first-order valence-corrected chi connectivity index (χ1v) is 13.9. The number of nitrogens with zero attached hydrogens (tertiary/aromatic N) is 6. The summed E-state index contributed by atoms with van der Waals surface area (Å²) in [6, 6.07) is 10.4. The van der Waals surface area contributed by atoms with Gasteiger partial charge in [-0.25, -0.2) is 9.97 Å². The molecule has 10 heteroatoms. The number of aryl methyl sites for hydroxylation is 1. The molecule has 0 amide bonds. The van der Waals surface area contributed by atoms with E-state index >= 15 is 0 Å². The Morgan fingerprint density at radius 2 is 1.68 bits per heavy atom. The van der Waals surface area contributed by atoms with Crippen LogP contribution < -0.4 is 10.2 Å². The second-order valence-electron chi connectivity index (χ2n) is 10.4. The van der Waals surface area contributed by atoms with Gasteiger partial charge in [-0.1, -0.05) is 12.1 Å². The maximum atomic E-state index is 5.63. The smallest absolute Gasteiger partial charge is 0.238 e. The number of para-hydroxylation sites is 2. The standard InChI is InChI=1S/C27H35N7O2S/c1-19-29-21-6-4-5-7-23(21)34(19)26-30-22-16-20(17-28-18-27(2,3)33-10-14-36-15-11-33)37-24(22)25(31-26)32-8-12-35-13-9-32/h4-7,16,28H,8-15,17-18H2,1-3H3. The van der Waals surface area contributed by atoms with Crippen molar-refractivity contribution in [2.75, 3.05) is 64.1 Å². The molecular formula is C27H35N7O2S. The normalized spacial score (nSPS) is 17.8. The zero-order valence-corrected chi connectivity index (χ0v) is 22.7. The van der Waals surface area contributed by atoms with E-state index in [2.05, 4.69) is 45.7 Å². The van der Waals surface area contributed by atoms with Crippen molar-refractivity contribution in [2.24, 2.45) is 0 Å². The van der Waals surface area contributed by atoms with Crippen molar-refractivity contribution in [3.05, 3.63) is 41.0 Å². The fourth-order valence-electron chi connectivity index (χ4n) is 5.30. The van der Waals surface area contributed by atoms with Crippen molar-refractivity contribution in [1.82, 2.24) is 29.7 Å². The Kier molecular flexibility index (Phi) is 6.85. The highest BCUT2D eigenvalue weighted by molar-refractivity contribution is 7.19. The minimum atomic E-state index is 0.0758. The predicted molar refractivity (Wildman–Crippen MR) is 148 cm³/mol. The number of anilines is 1. The summed E-state index contributed by atoms with van der Waals surface area (Å²) in [4.78, 5) is 21.0. The van der Waals surface area contributed by atoms with Gasteiger partial charge in [0.2, 0.25) is 5.95 Å². The van der Waals surface area contributed by atoms with Crippen molar-refractivity contribution in [3.8, 4) is 5.95 Å². The van der Waals surface area contributed by atoms with E-state index in [-0.39, 0.29) is 5.54 Å². The van der Waals surface area contributed by atoms with E-state index in [0.29, 0.717) is 19.2 Å². The Labute approximate surface area is 221 Å². The number of fused-ring (bicyclic) bond motifs is 2. The number of ether oxygens (including phenoxy) is 2. The van der Waals surface area contributed by atoms with E-state index in [1.165, 1.54) is 4.88 Å². The summed E-state index contributed by atoms with van der Waals surface area (Å²) in [7, 11) is 0. The summed E-state index contributed by atoms with van der Waals surface area (Å²) in [5, 5.41) is 3.71. The van der Waals surface area contributed by atoms with Crippen molar-refractivity contribution in [3.63, 3.8) is 0 Å². The van der Waals surface area contributed by atoms with Crippen LogP contribution in [0, 0.1) is 6.92 Å². The molecule has 2 aliphatic rings. The lowest BCUT2D eigenvalue weighted by molar-refractivity contribution is -0.00965. The van der Waals surface area contributed by atoms with Gasteiger partial charge in [0.1, 0.15) is 5.82 Å². The van der Waals surface area contributed by atoms with Gasteiger partial charge < -0.3 is 19.7 Å². The number of benzene rings is 1. The number of hydrogen-bond donors (Lipinski definition) is 1. The van der Waals surface area contributed by atoms with E-state index in [1.54, 1.807) is 11.3 Å². The van der Waals surface area contributed by atoms with Crippen LogP contribution in [0.5, 0.6) is 0 Å². The molecule has 0 aliphatic carbocycles. The zero-order valence-electron chi connectivity index (χ0n) is 21.9. The summed E-state index contributed by atoms with van der Waals surface area (Å²) >= 11 is 1.79. The number of rotatable bonds is 7. The molecule has 2 aliphatic heterocycles. The van der Waals surface area contributed by atoms with Gasteiger partial charge in [-0.05, 0) is 39.0 Å². The number of aromatic nitrogens is 4. The highest BCUT2D eigenvalue weighted by atomic mass is 32.1. The molecule has 0 atom stereocenters. The minimum absolute atomic E-state index is 0.0758. The molecule has 4 aromatic rings. The average molecular weight is 522 g/mol. The third kappa shape index (κ3) is 4.96. The van der Waals surface area contributed by atoms with Gasteiger partial charge in [0.25, 0.3) is 0 Å². The minimum Gasteiger partial charge on any atom is -0.379 e. The van der Waals surface area contributed by atoms with Crippen LogP contribution >= 0.6 is 11.3 Å². The molecule has 0 saturated carbocycles. The van der Waals surface area contributed by atoms with Gasteiger partial charge in [-0.2, -0.15) is 4.98 Å². The summed E-state index contributed by atoms with van der Waals surface area (Å²) < 4.78 is 14.4. The molecular weight excluding hydrogens is 486 g/mol. The predicted octanol–water partition coefficient (Wildman–Crippen LogP) is 3.38. The van der Waals surface area contributed by atoms with Gasteiger partial charge in [0.05, 0.1) is 47.7 Å². The molecule has 9 nitrogen and oxygen atoms in total. The molecule has 3 aromatic heterocycles. The van der Waals surface area contributed by atoms with Crippen molar-refractivity contribution < 1.29 is 9.47 Å². The molecule has 5 heterocycles. The van der Waals surface area contributed by atoms with E-state index in [4.69, 9.17) is 24.4 Å². The van der Waals surface area contributed by atoms with Gasteiger partial charge >= 0.3 is 0 Å². The third-order valence-corrected chi connectivity index (χ3v) is 8.48. The maximum absolute atomic E-state index is 5.63. The highest BCUT2D eigenvalue weighted by Gasteiger charge is 2.28. The zero-order chi connectivity index (χ0) is 25.4. The fraction of sp³-hybridized carbons (Fsp3) is 0.519. The van der Waals surface area contributed by atoms with E-state index in [9.17, 15) is 0 Å². The van der Waals surface area contributed by atoms with Gasteiger partial charge in [-0.3, -0.25) is 9.47 Å². The number of imidazole rings is 1. The Morgan fingerprint density at radius 1 is 0.946 bits per heavy atom. The van der Waals surface area contributed by atoms with Crippen LogP contribution in [0.25, 0.3) is 27.2 Å². The number of thiophene rings is 1. The lowest BCUT2D eigenvalue weighted by atomic mass is 10.0. The van der Waals surface area contributed by atoms with Crippen molar-refractivity contribution >= 4 is 38.4 Å². The molecule has 6 rings (SSSR count). The SMILES string of the molecule is Cc1nc2ccccc2n1-c1nc(N2CCOCC2)c2sc(CNCC(C)(C)N3CCOCC3)cc2n1. The van der Waals surface area contributed by atoms with Crippen LogP contribution in [0.2, 0.25) is 0 Å². The van der Waals surface area contributed by atoms with Crippen LogP contribution in [0.4, 0.5) is 5.82 Å². The Balaban J connectivity index is 1.31. The Morgan fingerprint density at radius 3 is 2.46 bits per heavy atom. The summed E-state index contributed by atoms with van der Waals surface area (Å²) in [5.41, 5.74) is 3.04. The number of nitrogens with one attached hydrogen (secondary N) is 1. The summed E-state index contributed by atoms with van der Waals surface area (Å²) in [6.07, 6.45) is 0. The lowest BCUT2D eigenvalue weighted by Gasteiger charge is -2.41. The first-order chi connectivity index (χ1) is 18.0. The molecule has 0 spiro atoms. The maximum Gasteiger partial charge on any atom is 0.238 e. The highest BCUT2D eigenvalue weighted by Crippen LogP contribution is 2.34. The average Bonchev–Trinajstić information content (AvgIpc) is 3.48. The van der Waals surface area contributed by atoms with Crippen molar-refractivity contribution in [1.29, 1.82) is 0 Å². The van der Waals surface area contributed by atoms with Crippen molar-refractivity contribution in [2.45, 2.75) is 32.9 Å². The molecule has 2 fully saturated rings. The fourth-order valence-corrected chi connectivity index (χ4v) is 6.38. The summed E-state index contributed by atoms with van der Waals surface area (Å²) in [6.45, 7) is 15.0. The third-order valence-electron chi connectivity index (χ3n) is 7.36. The molecule has 0 unspecified atom stereocenters. The monoisotopic (exact) mass is 521 g/mol. The topological polar surface area (TPSA) is 80.6 Å². The largest absolute Gasteiger partial charge is 0.379 e.